The van der Waals surface area contributed by atoms with Crippen molar-refractivity contribution >= 4 is 42.1 Å². The summed E-state index contributed by atoms with van der Waals surface area (Å²) in [7, 11) is 7.11. The van der Waals surface area contributed by atoms with Gasteiger partial charge in [-0.15, -0.1) is 0 Å². The van der Waals surface area contributed by atoms with E-state index in [0.717, 1.165) is 12.1 Å². The molecule has 2 heterocycles. The number of anilines is 5. The van der Waals surface area contributed by atoms with Crippen molar-refractivity contribution < 1.29 is 13.2 Å². The Kier molecular flexibility index (Phi) is 5.24. The Balaban J connectivity index is 1.80. The first kappa shape index (κ1) is 20.3. The van der Waals surface area contributed by atoms with Crippen molar-refractivity contribution in [3.8, 4) is 11.1 Å². The lowest BCUT2D eigenvalue weighted by Gasteiger charge is -2.14. The van der Waals surface area contributed by atoms with E-state index in [4.69, 9.17) is 13.6 Å². The highest BCUT2D eigenvalue weighted by Gasteiger charge is 2.16. The van der Waals surface area contributed by atoms with Crippen LogP contribution in [0.4, 0.5) is 42.0 Å². The Labute approximate surface area is 176 Å². The van der Waals surface area contributed by atoms with Crippen LogP contribution in [-0.4, -0.2) is 27.6 Å². The van der Waals surface area contributed by atoms with E-state index < -0.39 is 22.9 Å². The number of halogens is 3. The number of aromatic nitrogens is 4. The van der Waals surface area contributed by atoms with Crippen LogP contribution in [0, 0.1) is 17.5 Å². The number of nitrogens with zero attached hydrogens (tertiary/aromatic N) is 4. The molecule has 0 saturated carbocycles. The van der Waals surface area contributed by atoms with Crippen LogP contribution >= 0.6 is 0 Å². The van der Waals surface area contributed by atoms with Crippen LogP contribution in [0.15, 0.2) is 48.9 Å². The van der Waals surface area contributed by atoms with E-state index in [2.05, 4.69) is 25.7 Å². The first-order chi connectivity index (χ1) is 14.8. The third-order valence-corrected chi connectivity index (χ3v) is 4.38. The molecule has 0 bridgehead atoms. The van der Waals surface area contributed by atoms with E-state index in [-0.39, 0.29) is 28.6 Å². The summed E-state index contributed by atoms with van der Waals surface area (Å²) in [6.45, 7) is 0. The summed E-state index contributed by atoms with van der Waals surface area (Å²) in [6.07, 6.45) is 4.61. The average Bonchev–Trinajstić information content (AvgIpc) is 3.13. The van der Waals surface area contributed by atoms with E-state index in [1.807, 2.05) is 0 Å². The van der Waals surface area contributed by atoms with E-state index in [1.165, 1.54) is 24.4 Å². The van der Waals surface area contributed by atoms with E-state index in [9.17, 15) is 13.2 Å². The molecule has 0 aliphatic carbocycles. The van der Waals surface area contributed by atoms with Gasteiger partial charge >= 0.3 is 0 Å². The fourth-order valence-corrected chi connectivity index (χ4v) is 2.87. The van der Waals surface area contributed by atoms with Crippen LogP contribution < -0.4 is 21.8 Å². The lowest BCUT2D eigenvalue weighted by Crippen LogP contribution is -2.14. The molecule has 0 aliphatic rings. The largest absolute Gasteiger partial charge is 0.399 e. The minimum absolute atomic E-state index is 0.0312. The molecule has 154 valence electrons. The standard InChI is InChI=1S/C20H15BF3N7/c1-31-9-12(7-27-31)28-20-26-8-13(10-4-15(23)18(21)16(24)5-10)19(30-20)29-17-6-11(25)2-3-14(17)22/h2-9H,25H2,1H3,(H2,26,28,29,30). The van der Waals surface area contributed by atoms with Gasteiger partial charge in [0.25, 0.3) is 0 Å². The summed E-state index contributed by atoms with van der Waals surface area (Å²) in [4.78, 5) is 8.54. The van der Waals surface area contributed by atoms with Crippen molar-refractivity contribution in [2.45, 2.75) is 0 Å². The second kappa shape index (κ2) is 8.02. The zero-order chi connectivity index (χ0) is 22.1. The molecule has 4 aromatic rings. The SMILES string of the molecule is [B]c1c(F)cc(-c2cnc(Nc3cnn(C)c3)nc2Nc2cc(N)ccc2F)cc1F. The van der Waals surface area contributed by atoms with Gasteiger partial charge in [0.2, 0.25) is 5.95 Å². The van der Waals surface area contributed by atoms with Crippen molar-refractivity contribution in [2.24, 2.45) is 7.05 Å². The fourth-order valence-electron chi connectivity index (χ4n) is 2.87. The Bertz CT molecular complexity index is 1250. The van der Waals surface area contributed by atoms with Crippen LogP contribution in [0.1, 0.15) is 0 Å². The van der Waals surface area contributed by atoms with Gasteiger partial charge in [-0.3, -0.25) is 4.68 Å². The summed E-state index contributed by atoms with van der Waals surface area (Å²) >= 11 is 0. The smallest absolute Gasteiger partial charge is 0.229 e. The molecule has 4 rings (SSSR count). The second-order valence-corrected chi connectivity index (χ2v) is 6.70. The molecule has 0 spiro atoms. The van der Waals surface area contributed by atoms with Crippen molar-refractivity contribution in [1.82, 2.24) is 19.7 Å². The van der Waals surface area contributed by atoms with Crippen LogP contribution in [-0.2, 0) is 7.05 Å². The molecule has 0 saturated heterocycles. The molecule has 0 atom stereocenters. The predicted octanol–water partition coefficient (Wildman–Crippen LogP) is 3.16. The summed E-state index contributed by atoms with van der Waals surface area (Å²) in [5.74, 6) is -2.22. The number of rotatable bonds is 5. The van der Waals surface area contributed by atoms with Gasteiger partial charge in [-0.25, -0.2) is 18.2 Å². The zero-order valence-corrected chi connectivity index (χ0v) is 16.2. The number of hydrogen-bond acceptors (Lipinski definition) is 6. The number of nitrogens with one attached hydrogen (secondary N) is 2. The van der Waals surface area contributed by atoms with Gasteiger partial charge in [0.05, 0.1) is 17.6 Å². The lowest BCUT2D eigenvalue weighted by atomic mass is 9.92. The summed E-state index contributed by atoms with van der Waals surface area (Å²) in [6, 6.07) is 6.06. The normalized spacial score (nSPS) is 10.8. The van der Waals surface area contributed by atoms with Crippen LogP contribution in [0.2, 0.25) is 0 Å². The van der Waals surface area contributed by atoms with Gasteiger partial charge in [-0.2, -0.15) is 10.1 Å². The molecular weight excluding hydrogens is 406 g/mol. The summed E-state index contributed by atoms with van der Waals surface area (Å²) in [5.41, 5.74) is 6.44. The molecule has 11 heteroatoms. The summed E-state index contributed by atoms with van der Waals surface area (Å²) in [5, 5.41) is 9.82. The van der Waals surface area contributed by atoms with Gasteiger partial charge in [0.15, 0.2) is 0 Å². The van der Waals surface area contributed by atoms with Crippen molar-refractivity contribution in [2.75, 3.05) is 16.4 Å². The molecule has 2 aromatic carbocycles. The monoisotopic (exact) mass is 421 g/mol. The van der Waals surface area contributed by atoms with E-state index in [1.54, 1.807) is 24.1 Å². The van der Waals surface area contributed by atoms with E-state index >= 15 is 0 Å². The van der Waals surface area contributed by atoms with Crippen molar-refractivity contribution in [1.29, 1.82) is 0 Å². The van der Waals surface area contributed by atoms with Crippen LogP contribution in [0.3, 0.4) is 0 Å². The highest BCUT2D eigenvalue weighted by Crippen LogP contribution is 2.31. The number of hydrogen-bond donors (Lipinski definition) is 3. The maximum Gasteiger partial charge on any atom is 0.229 e. The fraction of sp³-hybridized carbons (Fsp3) is 0.0500. The Hall–Kier alpha value is -4.02. The molecule has 31 heavy (non-hydrogen) atoms. The lowest BCUT2D eigenvalue weighted by molar-refractivity contribution is 0.598. The first-order valence-corrected chi connectivity index (χ1v) is 9.00. The minimum atomic E-state index is -0.936. The highest BCUT2D eigenvalue weighted by atomic mass is 19.1. The van der Waals surface area contributed by atoms with Crippen molar-refractivity contribution in [3.05, 3.63) is 66.4 Å². The zero-order valence-electron chi connectivity index (χ0n) is 16.2. The molecule has 0 fully saturated rings. The molecule has 0 unspecified atom stereocenters. The number of aryl methyl sites for hydroxylation is 1. The topological polar surface area (TPSA) is 93.7 Å². The predicted molar refractivity (Wildman–Crippen MR) is 113 cm³/mol. The van der Waals surface area contributed by atoms with Gasteiger partial charge in [0.1, 0.15) is 31.1 Å². The molecule has 2 radical (unpaired) electrons. The Morgan fingerprint density at radius 3 is 2.42 bits per heavy atom. The van der Waals surface area contributed by atoms with Gasteiger partial charge in [-0.1, -0.05) is 0 Å². The average molecular weight is 421 g/mol. The quantitative estimate of drug-likeness (QED) is 0.339. The van der Waals surface area contributed by atoms with Gasteiger partial charge in [0, 0.05) is 30.7 Å². The molecule has 4 N–H and O–H groups in total. The maximum atomic E-state index is 14.3. The Morgan fingerprint density at radius 2 is 1.74 bits per heavy atom. The highest BCUT2D eigenvalue weighted by molar-refractivity contribution is 6.32. The Morgan fingerprint density at radius 1 is 1.00 bits per heavy atom. The molecule has 7 nitrogen and oxygen atoms in total. The third-order valence-electron chi connectivity index (χ3n) is 4.38. The molecule has 0 amide bonds. The maximum absolute atomic E-state index is 14.3. The molecule has 2 aromatic heterocycles. The van der Waals surface area contributed by atoms with Crippen LogP contribution in [0.5, 0.6) is 0 Å². The second-order valence-electron chi connectivity index (χ2n) is 6.70. The molecule has 0 aliphatic heterocycles. The third kappa shape index (κ3) is 4.30. The molecular formula is C20H15BF3N7. The van der Waals surface area contributed by atoms with Gasteiger partial charge in [-0.05, 0) is 41.4 Å². The van der Waals surface area contributed by atoms with Crippen molar-refractivity contribution in [3.63, 3.8) is 0 Å². The van der Waals surface area contributed by atoms with E-state index in [0.29, 0.717) is 11.4 Å². The number of nitrogen functional groups attached to an aromatic ring is 1. The van der Waals surface area contributed by atoms with Crippen LogP contribution in [0.25, 0.3) is 11.1 Å². The summed E-state index contributed by atoms with van der Waals surface area (Å²) < 4.78 is 44.0. The number of benzene rings is 2. The number of nitrogens with two attached hydrogens (primary N) is 1. The first-order valence-electron chi connectivity index (χ1n) is 9.00. The van der Waals surface area contributed by atoms with Gasteiger partial charge < -0.3 is 16.4 Å². The minimum Gasteiger partial charge on any atom is -0.399 e.